The molecule has 0 spiro atoms. The summed E-state index contributed by atoms with van der Waals surface area (Å²) < 4.78 is 66.0. The van der Waals surface area contributed by atoms with E-state index in [0.29, 0.717) is 24.7 Å². The Hall–Kier alpha value is -2.40. The van der Waals surface area contributed by atoms with Crippen molar-refractivity contribution in [3.8, 4) is 0 Å². The number of unbranched alkanes of at least 4 members (excludes halogenated alkanes) is 2. The summed E-state index contributed by atoms with van der Waals surface area (Å²) >= 11 is 0. The summed E-state index contributed by atoms with van der Waals surface area (Å²) in [4.78, 5) is 0. The van der Waals surface area contributed by atoms with Crippen molar-refractivity contribution in [2.45, 2.75) is 180 Å². The molecule has 4 fully saturated rings. The molecule has 0 aromatic heterocycles. The average Bonchev–Trinajstić information content (AvgIpc) is 3.25. The van der Waals surface area contributed by atoms with Crippen molar-refractivity contribution >= 4 is 0 Å². The van der Waals surface area contributed by atoms with Gasteiger partial charge in [-0.15, -0.1) is 13.2 Å². The van der Waals surface area contributed by atoms with Gasteiger partial charge >= 0.3 is 0 Å². The number of allylic oxidation sites excluding steroid dienone is 2. The van der Waals surface area contributed by atoms with Gasteiger partial charge in [-0.25, -0.2) is 17.6 Å². The van der Waals surface area contributed by atoms with Crippen molar-refractivity contribution in [3.05, 3.63) is 95.1 Å². The van der Waals surface area contributed by atoms with E-state index >= 15 is 17.6 Å². The first-order valence-electron chi connectivity index (χ1n) is 24.5. The first kappa shape index (κ1) is 46.1. The molecule has 4 aliphatic rings. The minimum atomic E-state index is -0.527. The molecule has 1 nitrogen and oxygen atoms in total. The normalized spacial score (nSPS) is 27.7. The van der Waals surface area contributed by atoms with E-state index in [-0.39, 0.29) is 37.2 Å². The first-order chi connectivity index (χ1) is 28.8. The Morgan fingerprint density at radius 3 is 1.00 bits per heavy atom. The second kappa shape index (κ2) is 24.3. The zero-order chi connectivity index (χ0) is 41.4. The maximum absolute atomic E-state index is 15.1. The van der Waals surface area contributed by atoms with Crippen molar-refractivity contribution in [2.24, 2.45) is 47.3 Å². The Bertz CT molecular complexity index is 1390. The highest BCUT2D eigenvalue weighted by Gasteiger charge is 2.32. The lowest BCUT2D eigenvalue weighted by Crippen LogP contribution is -2.26. The van der Waals surface area contributed by atoms with E-state index in [0.717, 1.165) is 72.3 Å². The Kier molecular flexibility index (Phi) is 19.0. The molecule has 0 aliphatic heterocycles. The third kappa shape index (κ3) is 14.3. The Balaban J connectivity index is 0.834. The van der Waals surface area contributed by atoms with E-state index in [1.165, 1.54) is 153 Å². The van der Waals surface area contributed by atoms with Gasteiger partial charge in [0.2, 0.25) is 0 Å². The van der Waals surface area contributed by atoms with Crippen LogP contribution in [0.25, 0.3) is 0 Å². The molecule has 0 heterocycles. The molecule has 6 rings (SSSR count). The van der Waals surface area contributed by atoms with Gasteiger partial charge in [-0.2, -0.15) is 0 Å². The van der Waals surface area contributed by atoms with Crippen LogP contribution in [0.1, 0.15) is 176 Å². The number of halogens is 4. The summed E-state index contributed by atoms with van der Waals surface area (Å²) in [5, 5.41) is 0. The van der Waals surface area contributed by atoms with Gasteiger partial charge in [0.05, 0.1) is 13.2 Å². The summed E-state index contributed by atoms with van der Waals surface area (Å²) in [7, 11) is 0. The van der Waals surface area contributed by atoms with Crippen LogP contribution in [-0.4, -0.2) is 13.2 Å². The van der Waals surface area contributed by atoms with Gasteiger partial charge in [0.25, 0.3) is 0 Å². The highest BCUT2D eigenvalue weighted by atomic mass is 19.1. The number of benzene rings is 2. The highest BCUT2D eigenvalue weighted by Crippen LogP contribution is 2.44. The molecule has 328 valence electrons. The largest absolute Gasteiger partial charge is 0.381 e. The third-order valence-electron chi connectivity index (χ3n) is 16.0. The SMILES string of the molecule is C=CCCCC1CCC(C2CCC(CCc3cc(F)c(CCOCCc4c(F)cc(CCC5CCC(C6CCC(CCCC=C)CC6)CC5)cc4F)c(F)c3)CC2)CC1. The van der Waals surface area contributed by atoms with Crippen molar-refractivity contribution in [1.29, 1.82) is 0 Å². The van der Waals surface area contributed by atoms with E-state index < -0.39 is 23.3 Å². The van der Waals surface area contributed by atoms with Crippen molar-refractivity contribution < 1.29 is 22.3 Å². The van der Waals surface area contributed by atoms with Crippen LogP contribution >= 0.6 is 0 Å². The summed E-state index contributed by atoms with van der Waals surface area (Å²) in [5.74, 6) is 4.52. The molecular weight excluding hydrogens is 741 g/mol. The molecule has 0 atom stereocenters. The first-order valence-corrected chi connectivity index (χ1v) is 24.5. The second-order valence-electron chi connectivity index (χ2n) is 19.8. The fourth-order valence-corrected chi connectivity index (χ4v) is 12.2. The van der Waals surface area contributed by atoms with Crippen molar-refractivity contribution in [3.63, 3.8) is 0 Å². The number of ether oxygens (including phenoxy) is 1. The van der Waals surface area contributed by atoms with Gasteiger partial charge < -0.3 is 4.74 Å². The topological polar surface area (TPSA) is 9.23 Å². The fourth-order valence-electron chi connectivity index (χ4n) is 12.2. The quantitative estimate of drug-likeness (QED) is 0.0653. The lowest BCUT2D eigenvalue weighted by atomic mass is 9.68. The molecule has 2 aromatic rings. The van der Waals surface area contributed by atoms with Gasteiger partial charge in [0.15, 0.2) is 0 Å². The second-order valence-corrected chi connectivity index (χ2v) is 19.8. The molecular formula is C54H78F4O. The van der Waals surface area contributed by atoms with Crippen LogP contribution in [0.3, 0.4) is 0 Å². The lowest BCUT2D eigenvalue weighted by molar-refractivity contribution is 0.137. The number of rotatable bonds is 22. The molecule has 5 heteroatoms. The number of hydrogen-bond donors (Lipinski definition) is 0. The predicted octanol–water partition coefficient (Wildman–Crippen LogP) is 15.8. The Morgan fingerprint density at radius 1 is 0.424 bits per heavy atom. The minimum absolute atomic E-state index is 0.0255. The molecule has 4 aliphatic carbocycles. The highest BCUT2D eigenvalue weighted by molar-refractivity contribution is 5.28. The zero-order valence-corrected chi connectivity index (χ0v) is 36.6. The summed E-state index contributed by atoms with van der Waals surface area (Å²) in [6.45, 7) is 7.90. The predicted molar refractivity (Wildman–Crippen MR) is 237 cm³/mol. The smallest absolute Gasteiger partial charge is 0.129 e. The van der Waals surface area contributed by atoms with E-state index in [4.69, 9.17) is 4.74 Å². The number of hydrogen-bond acceptors (Lipinski definition) is 1. The summed E-state index contributed by atoms with van der Waals surface area (Å²) in [5.41, 5.74) is 1.50. The molecule has 0 N–H and O–H groups in total. The fraction of sp³-hybridized carbons (Fsp3) is 0.704. The molecule has 0 amide bonds. The van der Waals surface area contributed by atoms with Crippen LogP contribution in [-0.2, 0) is 30.4 Å². The maximum atomic E-state index is 15.1. The van der Waals surface area contributed by atoms with Crippen LogP contribution in [0.2, 0.25) is 0 Å². The standard InChI is InChI=1S/C54H78F4O/c1-3-5-7-9-39-15-23-45(24-16-39)47-27-19-41(20-28-47)11-13-43-35-51(55)49(52(56)36-43)31-33-59-34-32-50-53(57)37-44(38-54(50)58)14-12-42-21-29-48(30-22-42)46-25-17-40(18-26-46)10-8-6-4-2/h3-4,35-42,45-48H,1-2,5-34H2. The molecule has 0 radical (unpaired) electrons. The zero-order valence-electron chi connectivity index (χ0n) is 36.6. The van der Waals surface area contributed by atoms with Crippen LogP contribution in [0.5, 0.6) is 0 Å². The molecule has 0 saturated heterocycles. The molecule has 0 unspecified atom stereocenters. The monoisotopic (exact) mass is 819 g/mol. The maximum Gasteiger partial charge on any atom is 0.129 e. The lowest BCUT2D eigenvalue weighted by Gasteiger charge is -2.38. The van der Waals surface area contributed by atoms with Gasteiger partial charge in [-0.3, -0.25) is 0 Å². The number of aryl methyl sites for hydroxylation is 2. The molecule has 59 heavy (non-hydrogen) atoms. The van der Waals surface area contributed by atoms with Crippen molar-refractivity contribution in [2.75, 3.05) is 13.2 Å². The van der Waals surface area contributed by atoms with E-state index in [9.17, 15) is 0 Å². The minimum Gasteiger partial charge on any atom is -0.381 e. The Labute approximate surface area is 356 Å². The van der Waals surface area contributed by atoms with Gasteiger partial charge in [-0.05, 0) is 185 Å². The molecule has 0 bridgehead atoms. The van der Waals surface area contributed by atoms with Crippen molar-refractivity contribution in [1.82, 2.24) is 0 Å². The molecule has 4 saturated carbocycles. The van der Waals surface area contributed by atoms with E-state index in [2.05, 4.69) is 13.2 Å². The van der Waals surface area contributed by atoms with Gasteiger partial charge in [-0.1, -0.05) is 76.4 Å². The van der Waals surface area contributed by atoms with Crippen LogP contribution < -0.4 is 0 Å². The molecule has 2 aromatic carbocycles. The Morgan fingerprint density at radius 2 is 0.712 bits per heavy atom. The third-order valence-corrected chi connectivity index (χ3v) is 16.0. The summed E-state index contributed by atoms with van der Waals surface area (Å²) in [6, 6.07) is 5.98. The van der Waals surface area contributed by atoms with E-state index in [1.807, 2.05) is 12.2 Å². The van der Waals surface area contributed by atoms with Crippen LogP contribution in [0, 0.1) is 70.6 Å². The van der Waals surface area contributed by atoms with Crippen LogP contribution in [0.4, 0.5) is 17.6 Å². The van der Waals surface area contributed by atoms with E-state index in [1.54, 1.807) is 0 Å². The van der Waals surface area contributed by atoms with Crippen LogP contribution in [0.15, 0.2) is 49.6 Å². The van der Waals surface area contributed by atoms with Gasteiger partial charge in [0, 0.05) is 24.0 Å². The average molecular weight is 819 g/mol. The summed E-state index contributed by atoms with van der Waals surface area (Å²) in [6.07, 6.45) is 36.6. The van der Waals surface area contributed by atoms with Gasteiger partial charge in [0.1, 0.15) is 23.3 Å².